The molecule has 2 amide bonds. The lowest BCUT2D eigenvalue weighted by Crippen LogP contribution is -2.70. The lowest BCUT2D eigenvalue weighted by molar-refractivity contribution is -0.163. The Bertz CT molecular complexity index is 1200. The molecule has 2 fully saturated rings. The van der Waals surface area contributed by atoms with Crippen molar-refractivity contribution >= 4 is 65.2 Å². The van der Waals surface area contributed by atoms with Crippen molar-refractivity contribution in [2.24, 2.45) is 0 Å². The summed E-state index contributed by atoms with van der Waals surface area (Å²) in [7, 11) is 0. The van der Waals surface area contributed by atoms with Gasteiger partial charge in [-0.15, -0.1) is 24.2 Å². The van der Waals surface area contributed by atoms with Crippen LogP contribution in [0.2, 0.25) is 10.0 Å². The zero-order chi connectivity index (χ0) is 27.1. The first-order valence-electron chi connectivity index (χ1n) is 12.1. The highest BCUT2D eigenvalue weighted by Gasteiger charge is 2.64. The van der Waals surface area contributed by atoms with E-state index < -0.39 is 34.1 Å². The number of hydrogen-bond acceptors (Lipinski definition) is 8. The summed E-state index contributed by atoms with van der Waals surface area (Å²) in [6.45, 7) is 12.1. The van der Waals surface area contributed by atoms with Gasteiger partial charge >= 0.3 is 5.97 Å². The molecule has 1 aromatic carbocycles. The minimum atomic E-state index is -0.811. The third-order valence-corrected chi connectivity index (χ3v) is 8.99. The Balaban J connectivity index is 0.00000400. The number of likely N-dealkylation sites (N-methyl/N-ethyl adjacent to an activating group) is 1. The summed E-state index contributed by atoms with van der Waals surface area (Å²) < 4.78 is 10.3. The van der Waals surface area contributed by atoms with Crippen LogP contribution >= 0.6 is 47.4 Å². The molecule has 2 aliphatic heterocycles. The van der Waals surface area contributed by atoms with Crippen molar-refractivity contribution in [2.45, 2.75) is 56.8 Å². The molecule has 1 aromatic heterocycles. The Morgan fingerprint density at radius 1 is 1.24 bits per heavy atom. The molecule has 0 bridgehead atoms. The van der Waals surface area contributed by atoms with Crippen LogP contribution in [0.5, 0.6) is 0 Å². The minimum absolute atomic E-state index is 0. The number of thioether (sulfide) groups is 1. The second-order valence-electron chi connectivity index (χ2n) is 9.46. The molecule has 0 radical (unpaired) electrons. The molecule has 3 atom stereocenters. The van der Waals surface area contributed by atoms with Gasteiger partial charge in [0.1, 0.15) is 41.1 Å². The summed E-state index contributed by atoms with van der Waals surface area (Å²) in [5.41, 5.74) is 0.720. The van der Waals surface area contributed by atoms with Crippen LogP contribution in [0.15, 0.2) is 22.7 Å². The highest BCUT2D eigenvalue weighted by Crippen LogP contribution is 2.51. The maximum atomic E-state index is 13.3. The summed E-state index contributed by atoms with van der Waals surface area (Å²) in [5.74, 6) is -1.04. The number of nitrogens with zero attached hydrogens (tertiary/aromatic N) is 3. The third-order valence-electron chi connectivity index (χ3n) is 6.79. The molecule has 208 valence electrons. The number of fused-ring (bicyclic) bond motifs is 1. The Labute approximate surface area is 242 Å². The summed E-state index contributed by atoms with van der Waals surface area (Å²) >= 11 is 14.1. The number of hydrogen-bond donors (Lipinski definition) is 1. The fourth-order valence-corrected chi connectivity index (χ4v) is 6.97. The van der Waals surface area contributed by atoms with Gasteiger partial charge in [-0.3, -0.25) is 9.59 Å². The van der Waals surface area contributed by atoms with E-state index in [1.165, 1.54) is 16.7 Å². The Morgan fingerprint density at radius 2 is 1.87 bits per heavy atom. The highest BCUT2D eigenvalue weighted by molar-refractivity contribution is 8.01. The normalized spacial score (nSPS) is 21.5. The average Bonchev–Trinajstić information content (AvgIpc) is 3.34. The van der Waals surface area contributed by atoms with Gasteiger partial charge in [-0.1, -0.05) is 48.3 Å². The molecular formula is C25H31Cl3N4O5S. The highest BCUT2D eigenvalue weighted by atomic mass is 35.5. The fraction of sp³-hybridized carbons (Fsp3) is 0.520. The largest absolute Gasteiger partial charge is 0.463 e. The zero-order valence-corrected chi connectivity index (χ0v) is 24.9. The standard InChI is InChI=1S/C25H30Cl2N4O5S.ClH/c1-6-30(7-2)11-12-35-24(34)20-25(4,5)37-23-19(22(33)31(20)23)28-21(32)16-13(3)36-29-18(16)17-14(26)9-8-10-15(17)27;/h8-10,19-20,23H,6-7,11-12H2,1-5H3,(H,28,32);1H/t19-,20+,23-;/m1./s1. The molecule has 0 unspecified atom stereocenters. The van der Waals surface area contributed by atoms with Gasteiger partial charge in [-0.25, -0.2) is 4.79 Å². The molecule has 3 heterocycles. The molecule has 38 heavy (non-hydrogen) atoms. The van der Waals surface area contributed by atoms with E-state index in [0.29, 0.717) is 22.2 Å². The monoisotopic (exact) mass is 604 g/mol. The number of aryl methyl sites for hydroxylation is 1. The van der Waals surface area contributed by atoms with Crippen molar-refractivity contribution in [1.29, 1.82) is 0 Å². The number of amides is 2. The summed E-state index contributed by atoms with van der Waals surface area (Å²) in [6.07, 6.45) is 0. The second-order valence-corrected chi connectivity index (χ2v) is 12.0. The molecule has 0 aliphatic carbocycles. The van der Waals surface area contributed by atoms with Crippen molar-refractivity contribution in [2.75, 3.05) is 26.2 Å². The smallest absolute Gasteiger partial charge is 0.330 e. The molecule has 13 heteroatoms. The number of esters is 1. The number of aromatic nitrogens is 1. The lowest BCUT2D eigenvalue weighted by Gasteiger charge is -2.43. The lowest BCUT2D eigenvalue weighted by atomic mass is 9.95. The summed E-state index contributed by atoms with van der Waals surface area (Å²) in [4.78, 5) is 43.2. The Morgan fingerprint density at radius 3 is 2.47 bits per heavy atom. The Kier molecular flexibility index (Phi) is 9.68. The zero-order valence-electron chi connectivity index (χ0n) is 21.7. The number of ether oxygens (including phenoxy) is 1. The van der Waals surface area contributed by atoms with E-state index in [1.807, 2.05) is 27.7 Å². The van der Waals surface area contributed by atoms with E-state index in [4.69, 9.17) is 32.5 Å². The predicted octanol–water partition coefficient (Wildman–Crippen LogP) is 4.42. The SMILES string of the molecule is CCN(CC)CCOC(=O)[C@@H]1N2C(=O)[C@@H](NC(=O)c3c(-c4c(Cl)cccc4Cl)noc3C)[C@H]2SC1(C)C.Cl. The Hall–Kier alpha value is -1.98. The van der Waals surface area contributed by atoms with Gasteiger partial charge in [0.15, 0.2) is 0 Å². The number of benzene rings is 1. The van der Waals surface area contributed by atoms with Crippen LogP contribution < -0.4 is 5.32 Å². The van der Waals surface area contributed by atoms with Crippen LogP contribution in [0.4, 0.5) is 0 Å². The first-order chi connectivity index (χ1) is 17.5. The van der Waals surface area contributed by atoms with Crippen LogP contribution in [0.3, 0.4) is 0 Å². The molecule has 4 rings (SSSR count). The molecule has 2 saturated heterocycles. The molecule has 2 aliphatic rings. The van der Waals surface area contributed by atoms with Crippen LogP contribution in [-0.4, -0.2) is 81.2 Å². The molecule has 0 saturated carbocycles. The van der Waals surface area contributed by atoms with Gasteiger partial charge in [-0.05, 0) is 46.0 Å². The van der Waals surface area contributed by atoms with Gasteiger partial charge in [-0.2, -0.15) is 0 Å². The predicted molar refractivity (Wildman–Crippen MR) is 150 cm³/mol. The molecule has 9 nitrogen and oxygen atoms in total. The summed E-state index contributed by atoms with van der Waals surface area (Å²) in [6, 6.07) is 3.41. The van der Waals surface area contributed by atoms with Crippen LogP contribution in [0.1, 0.15) is 43.8 Å². The maximum Gasteiger partial charge on any atom is 0.330 e. The van der Waals surface area contributed by atoms with Crippen molar-refractivity contribution in [3.05, 3.63) is 39.6 Å². The van der Waals surface area contributed by atoms with Gasteiger partial charge in [0, 0.05) is 16.9 Å². The number of halogens is 3. The number of carbonyl (C=O) groups is 3. The molecule has 0 spiro atoms. The molecule has 1 N–H and O–H groups in total. The number of nitrogens with one attached hydrogen (secondary N) is 1. The first-order valence-corrected chi connectivity index (χ1v) is 13.8. The fourth-order valence-electron chi connectivity index (χ4n) is 4.77. The van der Waals surface area contributed by atoms with Crippen molar-refractivity contribution in [3.8, 4) is 11.3 Å². The minimum Gasteiger partial charge on any atom is -0.463 e. The van der Waals surface area contributed by atoms with E-state index >= 15 is 0 Å². The van der Waals surface area contributed by atoms with Crippen molar-refractivity contribution in [1.82, 2.24) is 20.3 Å². The second kappa shape index (κ2) is 12.0. The number of rotatable bonds is 9. The van der Waals surface area contributed by atoms with E-state index in [-0.39, 0.29) is 41.9 Å². The average molecular weight is 606 g/mol. The first kappa shape index (κ1) is 30.6. The third kappa shape index (κ3) is 5.51. The van der Waals surface area contributed by atoms with E-state index in [9.17, 15) is 14.4 Å². The van der Waals surface area contributed by atoms with Crippen molar-refractivity contribution < 1.29 is 23.6 Å². The van der Waals surface area contributed by atoms with Crippen LogP contribution in [0, 0.1) is 6.92 Å². The topological polar surface area (TPSA) is 105 Å². The van der Waals surface area contributed by atoms with E-state index in [0.717, 1.165) is 13.1 Å². The van der Waals surface area contributed by atoms with Crippen LogP contribution in [0.25, 0.3) is 11.3 Å². The number of carbonyl (C=O) groups excluding carboxylic acids is 3. The van der Waals surface area contributed by atoms with E-state index in [1.54, 1.807) is 25.1 Å². The van der Waals surface area contributed by atoms with E-state index in [2.05, 4.69) is 15.4 Å². The van der Waals surface area contributed by atoms with Gasteiger partial charge in [0.25, 0.3) is 5.91 Å². The number of β-lactam (4-membered cyclic amide) rings is 1. The summed E-state index contributed by atoms with van der Waals surface area (Å²) in [5, 5.41) is 7.04. The molecular weight excluding hydrogens is 575 g/mol. The van der Waals surface area contributed by atoms with Crippen molar-refractivity contribution in [3.63, 3.8) is 0 Å². The van der Waals surface area contributed by atoms with Crippen LogP contribution in [-0.2, 0) is 14.3 Å². The van der Waals surface area contributed by atoms with Gasteiger partial charge in [0.05, 0.1) is 10.0 Å². The molecule has 2 aromatic rings. The van der Waals surface area contributed by atoms with Gasteiger partial charge < -0.3 is 24.4 Å². The maximum absolute atomic E-state index is 13.3. The quantitative estimate of drug-likeness (QED) is 0.331. The van der Waals surface area contributed by atoms with Gasteiger partial charge in [0.2, 0.25) is 5.91 Å².